The van der Waals surface area contributed by atoms with Crippen molar-refractivity contribution in [2.75, 3.05) is 0 Å². The van der Waals surface area contributed by atoms with Crippen molar-refractivity contribution < 1.29 is 47.4 Å². The van der Waals surface area contributed by atoms with Gasteiger partial charge in [0, 0.05) is 72.4 Å². The van der Waals surface area contributed by atoms with Gasteiger partial charge in [0.15, 0.2) is 0 Å². The van der Waals surface area contributed by atoms with Crippen molar-refractivity contribution in [3.05, 3.63) is 304 Å². The molecule has 0 aromatic heterocycles. The van der Waals surface area contributed by atoms with Gasteiger partial charge in [0.25, 0.3) is 0 Å². The van der Waals surface area contributed by atoms with Crippen LogP contribution >= 0.6 is 0 Å². The van der Waals surface area contributed by atoms with Crippen LogP contribution in [-0.4, -0.2) is 11.6 Å². The van der Waals surface area contributed by atoms with E-state index in [4.69, 9.17) is 47.4 Å². The Morgan fingerprint density at radius 3 is 1.07 bits per heavy atom. The highest BCUT2D eigenvalue weighted by Gasteiger charge is 2.66. The molecule has 13 rings (SSSR count). The zero-order valence-electron chi connectivity index (χ0n) is 45.9. The molecule has 0 saturated carbocycles. The van der Waals surface area contributed by atoms with Crippen LogP contribution in [0.3, 0.4) is 0 Å². The van der Waals surface area contributed by atoms with Crippen molar-refractivity contribution in [3.8, 4) is 51.7 Å². The highest BCUT2D eigenvalue weighted by atomic mass is 16.8. The van der Waals surface area contributed by atoms with E-state index in [0.717, 1.165) is 55.6 Å². The zero-order chi connectivity index (χ0) is 55.7. The maximum Gasteiger partial charge on any atom is 0.225 e. The summed E-state index contributed by atoms with van der Waals surface area (Å²) in [5, 5.41) is 0. The molecule has 0 radical (unpaired) electrons. The first-order valence-electron chi connectivity index (χ1n) is 28.2. The van der Waals surface area contributed by atoms with Crippen LogP contribution in [0.1, 0.15) is 68.0 Å². The molecule has 0 bridgehead atoms. The van der Waals surface area contributed by atoms with Crippen LogP contribution < -0.4 is 42.6 Å². The molecule has 10 heteroatoms. The maximum absolute atomic E-state index is 7.76. The molecule has 1 fully saturated rings. The third kappa shape index (κ3) is 12.3. The molecule has 0 amide bonds. The molecular formula is C73H62O10. The van der Waals surface area contributed by atoms with Crippen molar-refractivity contribution in [1.82, 2.24) is 0 Å². The fraction of sp³-hybridized carbons (Fsp3) is 0.178. The van der Waals surface area contributed by atoms with E-state index in [0.29, 0.717) is 97.6 Å². The largest absolute Gasteiger partial charge is 0.489 e. The molecule has 10 nitrogen and oxygen atoms in total. The van der Waals surface area contributed by atoms with Gasteiger partial charge in [-0.15, -0.1) is 0 Å². The molecular weight excluding hydrogens is 1040 g/mol. The van der Waals surface area contributed by atoms with Crippen LogP contribution in [0.2, 0.25) is 0 Å². The molecule has 3 atom stereocenters. The lowest BCUT2D eigenvalue weighted by Gasteiger charge is -2.32. The van der Waals surface area contributed by atoms with Crippen LogP contribution in [0.4, 0.5) is 0 Å². The minimum atomic E-state index is -1.44. The summed E-state index contributed by atoms with van der Waals surface area (Å²) < 4.78 is 70.0. The summed E-state index contributed by atoms with van der Waals surface area (Å²) >= 11 is 0. The van der Waals surface area contributed by atoms with Gasteiger partial charge < -0.3 is 42.6 Å². The van der Waals surface area contributed by atoms with Gasteiger partial charge in [-0.05, 0) is 38.9 Å². The minimum absolute atomic E-state index is 0.155. The van der Waals surface area contributed by atoms with Crippen molar-refractivity contribution >= 4 is 0 Å². The van der Waals surface area contributed by atoms with Crippen LogP contribution in [0.5, 0.6) is 51.7 Å². The summed E-state index contributed by atoms with van der Waals surface area (Å²) in [6, 6.07) is 82.7. The molecule has 0 unspecified atom stereocenters. The molecule has 0 N–H and O–H groups in total. The normalized spacial score (nSPS) is 17.1. The van der Waals surface area contributed by atoms with Crippen LogP contribution in [0, 0.1) is 0 Å². The Morgan fingerprint density at radius 2 is 0.663 bits per heavy atom. The monoisotopic (exact) mass is 1100 g/mol. The van der Waals surface area contributed by atoms with Crippen LogP contribution in [0.25, 0.3) is 0 Å². The Hall–Kier alpha value is -9.64. The Bertz CT molecular complexity index is 3690. The van der Waals surface area contributed by atoms with Gasteiger partial charge in [0.05, 0.1) is 5.92 Å². The third-order valence-electron chi connectivity index (χ3n) is 15.3. The number of hydrogen-bond donors (Lipinski definition) is 0. The third-order valence-corrected chi connectivity index (χ3v) is 15.3. The van der Waals surface area contributed by atoms with E-state index >= 15 is 0 Å². The molecule has 1 saturated heterocycles. The summed E-state index contributed by atoms with van der Waals surface area (Å²) in [6.45, 7) is 2.22. The summed E-state index contributed by atoms with van der Waals surface area (Å²) in [5.74, 6) is 2.19. The van der Waals surface area contributed by atoms with Crippen molar-refractivity contribution in [2.24, 2.45) is 0 Å². The average Bonchev–Trinajstić information content (AvgIpc) is 1.77. The lowest BCUT2D eigenvalue weighted by molar-refractivity contribution is -0.257. The fourth-order valence-electron chi connectivity index (χ4n) is 11.2. The Balaban J connectivity index is 0.929. The second-order valence-corrected chi connectivity index (χ2v) is 21.2. The van der Waals surface area contributed by atoms with E-state index in [-0.39, 0.29) is 19.6 Å². The first kappa shape index (κ1) is 52.7. The summed E-state index contributed by atoms with van der Waals surface area (Å²) in [5.41, 5.74) is 9.57. The van der Waals surface area contributed by atoms with Gasteiger partial charge in [-0.2, -0.15) is 0 Å². The lowest BCUT2D eigenvalue weighted by Crippen LogP contribution is -2.44. The summed E-state index contributed by atoms with van der Waals surface area (Å²) in [7, 11) is 0. The molecule has 1 spiro atoms. The van der Waals surface area contributed by atoms with Gasteiger partial charge in [-0.1, -0.05) is 212 Å². The van der Waals surface area contributed by atoms with Gasteiger partial charge >= 0.3 is 0 Å². The molecule has 414 valence electrons. The van der Waals surface area contributed by atoms with Gasteiger partial charge in [-0.25, -0.2) is 0 Å². The molecule has 83 heavy (non-hydrogen) atoms. The fourth-order valence-corrected chi connectivity index (χ4v) is 11.2. The molecule has 10 aromatic carbocycles. The van der Waals surface area contributed by atoms with E-state index in [1.807, 2.05) is 200 Å². The maximum atomic E-state index is 7.76. The Morgan fingerprint density at radius 1 is 0.337 bits per heavy atom. The standard InChI is InChI=1S/C73H62O10/c1-8-22-52(23-9-1)45-74-59-36-66(78-49-56-30-16-5-17-31-56)63(67(37-59)79-50-57-32-18-6-19-33-57)43-73-64(71-69(80-51-58-34-20-7-21-35-58)40-61(41-70(71)82-73)76-47-54-26-12-3-13-27-54)44-72(83-73)42-62-65(77-48-55-28-14-4-15-29-55)38-60(39-68(62)81-72)75-46-53-24-10-2-11-25-53/h1-41,64H,42-51H2/t64-,72+,73-/m1/s1. The van der Waals surface area contributed by atoms with Gasteiger partial charge in [0.1, 0.15) is 98.0 Å². The number of fused-ring (bicyclic) bond motifs is 4. The van der Waals surface area contributed by atoms with Crippen molar-refractivity contribution in [2.45, 2.75) is 83.0 Å². The second kappa shape index (κ2) is 24.2. The van der Waals surface area contributed by atoms with Crippen LogP contribution in [0.15, 0.2) is 249 Å². The molecule has 0 aliphatic carbocycles. The quantitative estimate of drug-likeness (QED) is 0.0617. The second-order valence-electron chi connectivity index (χ2n) is 21.2. The van der Waals surface area contributed by atoms with E-state index < -0.39 is 17.5 Å². The molecule has 3 heterocycles. The van der Waals surface area contributed by atoms with Crippen LogP contribution in [-0.2, 0) is 63.8 Å². The molecule has 10 aromatic rings. The van der Waals surface area contributed by atoms with E-state index in [1.165, 1.54) is 0 Å². The van der Waals surface area contributed by atoms with E-state index in [9.17, 15) is 0 Å². The number of ether oxygens (including phenoxy) is 10. The first-order chi connectivity index (χ1) is 41.0. The minimum Gasteiger partial charge on any atom is -0.489 e. The van der Waals surface area contributed by atoms with E-state index in [1.54, 1.807) is 0 Å². The number of benzene rings is 10. The van der Waals surface area contributed by atoms with E-state index in [2.05, 4.69) is 48.5 Å². The topological polar surface area (TPSA) is 92.3 Å². The number of rotatable bonds is 23. The summed E-state index contributed by atoms with van der Waals surface area (Å²) in [4.78, 5) is 0. The van der Waals surface area contributed by atoms with Crippen molar-refractivity contribution in [3.63, 3.8) is 0 Å². The SMILES string of the molecule is c1ccc(COc2cc(OCc3ccccc3)c(C[C@]34Oc5cc(OCc6ccccc6)cc(OCc6ccccc6)c5[C@H]3C[C@]3(Cc5c(OCc6ccccc6)cc(OCc6ccccc6)cc5O3)O4)c(OCc3ccccc3)c2)cc1. The first-order valence-corrected chi connectivity index (χ1v) is 28.2. The van der Waals surface area contributed by atoms with Gasteiger partial charge in [0.2, 0.25) is 11.6 Å². The van der Waals surface area contributed by atoms with Crippen molar-refractivity contribution in [1.29, 1.82) is 0 Å². The predicted octanol–water partition coefficient (Wildman–Crippen LogP) is 15.9. The highest BCUT2D eigenvalue weighted by Crippen LogP contribution is 2.64. The Labute approximate surface area is 484 Å². The average molecular weight is 1100 g/mol. The lowest BCUT2D eigenvalue weighted by atomic mass is 9.85. The van der Waals surface area contributed by atoms with Gasteiger partial charge in [-0.3, -0.25) is 4.74 Å². The smallest absolute Gasteiger partial charge is 0.225 e. The zero-order valence-corrected chi connectivity index (χ0v) is 45.9. The Kier molecular flexibility index (Phi) is 15.4. The predicted molar refractivity (Wildman–Crippen MR) is 317 cm³/mol. The molecule has 3 aliphatic rings. The number of hydrogen-bond acceptors (Lipinski definition) is 10. The summed E-state index contributed by atoms with van der Waals surface area (Å²) in [6.07, 6.45) is 0.877. The molecule has 3 aliphatic heterocycles. The highest BCUT2D eigenvalue weighted by molar-refractivity contribution is 5.60.